The van der Waals surface area contributed by atoms with E-state index < -0.39 is 35.4 Å². The maximum absolute atomic E-state index is 13.7. The van der Waals surface area contributed by atoms with Gasteiger partial charge in [0.1, 0.15) is 11.5 Å². The number of rotatable bonds is 11. The number of ether oxygens (including phenoxy) is 1. The van der Waals surface area contributed by atoms with Gasteiger partial charge in [0, 0.05) is 18.1 Å². The number of alkyl halides is 2. The van der Waals surface area contributed by atoms with Crippen LogP contribution in [0.2, 0.25) is 0 Å². The van der Waals surface area contributed by atoms with Crippen LogP contribution in [0.3, 0.4) is 0 Å². The number of nitrogens with one attached hydrogen (secondary N) is 2. The molecule has 2 N–H and O–H groups in total. The summed E-state index contributed by atoms with van der Waals surface area (Å²) in [6.45, 7) is 7.49. The molecule has 1 aromatic carbocycles. The average molecular weight is 476 g/mol. The van der Waals surface area contributed by atoms with Crippen molar-refractivity contribution in [1.29, 1.82) is 5.41 Å². The molecular formula is C25H28F3N3O3. The van der Waals surface area contributed by atoms with Gasteiger partial charge >= 0.3 is 5.97 Å². The molecule has 1 unspecified atom stereocenters. The number of hydrogen-bond donors (Lipinski definition) is 2. The molecule has 1 rings (SSSR count). The molecule has 0 radical (unpaired) electrons. The van der Waals surface area contributed by atoms with Crippen LogP contribution >= 0.6 is 0 Å². The third kappa shape index (κ3) is 8.65. The lowest BCUT2D eigenvalue weighted by Gasteiger charge is -2.19. The standard InChI is InChI=1S/C25H28F3N3O3/c1-6-10-17(14-22(29)25(4,27)28)24(33)31-21(15-23(32)34-5)20(8-3)30-19(7-2)16-11-9-12-18(26)13-16/h6-14,21,29H,3,15H2,1-2,4-5H3,(H,31,33)/b10-6+,17-14+,19-7+,29-22?,30-20?. The summed E-state index contributed by atoms with van der Waals surface area (Å²) < 4.78 is 45.3. The molecule has 0 aliphatic rings. The van der Waals surface area contributed by atoms with E-state index in [9.17, 15) is 22.8 Å². The highest BCUT2D eigenvalue weighted by Crippen LogP contribution is 2.19. The fraction of sp³-hybridized carbons (Fsp3) is 0.280. The van der Waals surface area contributed by atoms with Crippen molar-refractivity contribution in [3.8, 4) is 0 Å². The summed E-state index contributed by atoms with van der Waals surface area (Å²) in [5, 5.41) is 10.1. The van der Waals surface area contributed by atoms with E-state index in [2.05, 4.69) is 16.9 Å². The summed E-state index contributed by atoms with van der Waals surface area (Å²) >= 11 is 0. The van der Waals surface area contributed by atoms with Crippen molar-refractivity contribution in [3.63, 3.8) is 0 Å². The number of esters is 1. The Morgan fingerprint density at radius 3 is 2.50 bits per heavy atom. The van der Waals surface area contributed by atoms with Crippen LogP contribution in [-0.2, 0) is 14.3 Å². The highest BCUT2D eigenvalue weighted by atomic mass is 19.3. The highest BCUT2D eigenvalue weighted by Gasteiger charge is 2.28. The van der Waals surface area contributed by atoms with Crippen molar-refractivity contribution in [3.05, 3.63) is 78.2 Å². The van der Waals surface area contributed by atoms with Crippen molar-refractivity contribution in [1.82, 2.24) is 5.32 Å². The molecule has 0 saturated carbocycles. The number of carbonyl (C=O) groups is 2. The van der Waals surface area contributed by atoms with Gasteiger partial charge in [-0.1, -0.05) is 36.9 Å². The van der Waals surface area contributed by atoms with E-state index in [0.717, 1.165) is 6.08 Å². The predicted octanol–water partition coefficient (Wildman–Crippen LogP) is 5.04. The summed E-state index contributed by atoms with van der Waals surface area (Å²) in [5.74, 6) is -5.40. The highest BCUT2D eigenvalue weighted by molar-refractivity contribution is 6.10. The number of hydrogen-bond acceptors (Lipinski definition) is 5. The van der Waals surface area contributed by atoms with Gasteiger partial charge in [-0.2, -0.15) is 8.78 Å². The second kappa shape index (κ2) is 13.1. The van der Waals surface area contributed by atoms with Crippen molar-refractivity contribution < 1.29 is 27.5 Å². The van der Waals surface area contributed by atoms with E-state index in [4.69, 9.17) is 10.1 Å². The first-order valence-corrected chi connectivity index (χ1v) is 10.3. The zero-order valence-corrected chi connectivity index (χ0v) is 19.5. The molecule has 0 saturated heterocycles. The molecule has 182 valence electrons. The topological polar surface area (TPSA) is 91.6 Å². The molecule has 0 aliphatic heterocycles. The molecule has 1 amide bonds. The lowest BCUT2D eigenvalue weighted by atomic mass is 10.0. The molecular weight excluding hydrogens is 447 g/mol. The molecule has 0 aliphatic carbocycles. The summed E-state index contributed by atoms with van der Waals surface area (Å²) in [4.78, 5) is 29.3. The van der Waals surface area contributed by atoms with Gasteiger partial charge in [-0.3, -0.25) is 20.0 Å². The van der Waals surface area contributed by atoms with Gasteiger partial charge in [-0.05, 0) is 38.1 Å². The number of allylic oxidation sites excluding steroid dienone is 3. The molecule has 0 spiro atoms. The van der Waals surface area contributed by atoms with Crippen molar-refractivity contribution in [2.75, 3.05) is 7.11 Å². The van der Waals surface area contributed by atoms with Gasteiger partial charge in [0.15, 0.2) is 0 Å². The van der Waals surface area contributed by atoms with Gasteiger partial charge in [0.2, 0.25) is 0 Å². The van der Waals surface area contributed by atoms with E-state index in [-0.39, 0.29) is 17.7 Å². The second-order valence-corrected chi connectivity index (χ2v) is 7.13. The first-order valence-electron chi connectivity index (χ1n) is 10.3. The van der Waals surface area contributed by atoms with Gasteiger partial charge < -0.3 is 10.1 Å². The minimum Gasteiger partial charge on any atom is -0.469 e. The van der Waals surface area contributed by atoms with Crippen molar-refractivity contribution in [2.45, 2.75) is 39.2 Å². The van der Waals surface area contributed by atoms with E-state index in [1.54, 1.807) is 26.0 Å². The van der Waals surface area contributed by atoms with E-state index in [1.807, 2.05) is 0 Å². The molecule has 34 heavy (non-hydrogen) atoms. The largest absolute Gasteiger partial charge is 0.469 e. The first-order chi connectivity index (χ1) is 16.0. The average Bonchev–Trinajstić information content (AvgIpc) is 2.78. The number of carbonyl (C=O) groups excluding carboxylic acids is 2. The van der Waals surface area contributed by atoms with Crippen LogP contribution in [0, 0.1) is 11.2 Å². The quantitative estimate of drug-likeness (QED) is 0.203. The van der Waals surface area contributed by atoms with Gasteiger partial charge in [0.25, 0.3) is 11.8 Å². The molecule has 9 heteroatoms. The number of nitrogens with zero attached hydrogens (tertiary/aromatic N) is 1. The number of aliphatic imine (C=N–C) groups is 1. The summed E-state index contributed by atoms with van der Waals surface area (Å²) in [6.07, 6.45) is 6.06. The lowest BCUT2D eigenvalue weighted by Crippen LogP contribution is -2.42. The number of methoxy groups -OCH3 is 1. The Labute approximate surface area is 197 Å². The number of amides is 1. The van der Waals surface area contributed by atoms with Crippen LogP contribution in [0.5, 0.6) is 0 Å². The molecule has 0 fully saturated rings. The first kappa shape index (κ1) is 28.3. The van der Waals surface area contributed by atoms with E-state index in [1.165, 1.54) is 43.5 Å². The van der Waals surface area contributed by atoms with Crippen molar-refractivity contribution >= 4 is 29.0 Å². The van der Waals surface area contributed by atoms with Crippen LogP contribution in [0.15, 0.2) is 71.8 Å². The molecule has 1 aromatic rings. The summed E-state index contributed by atoms with van der Waals surface area (Å²) in [6, 6.07) is 4.65. The fourth-order valence-corrected chi connectivity index (χ4v) is 2.72. The Bertz CT molecular complexity index is 1050. The maximum atomic E-state index is 13.7. The zero-order valence-electron chi connectivity index (χ0n) is 19.5. The Morgan fingerprint density at radius 1 is 1.32 bits per heavy atom. The van der Waals surface area contributed by atoms with Crippen LogP contribution in [0.25, 0.3) is 5.70 Å². The van der Waals surface area contributed by atoms with Crippen molar-refractivity contribution in [2.24, 2.45) is 4.99 Å². The minimum atomic E-state index is -3.45. The molecule has 0 bridgehead atoms. The Hall–Kier alpha value is -3.75. The zero-order chi connectivity index (χ0) is 25.9. The summed E-state index contributed by atoms with van der Waals surface area (Å²) in [5.41, 5.74) is -0.302. The second-order valence-electron chi connectivity index (χ2n) is 7.13. The Balaban J connectivity index is 3.42. The normalized spacial score (nSPS) is 14.0. The molecule has 0 aromatic heterocycles. The monoisotopic (exact) mass is 475 g/mol. The third-order valence-corrected chi connectivity index (χ3v) is 4.49. The Morgan fingerprint density at radius 2 is 2.00 bits per heavy atom. The van der Waals surface area contributed by atoms with Crippen LogP contribution in [-0.4, -0.2) is 42.4 Å². The van der Waals surface area contributed by atoms with Gasteiger partial charge in [-0.15, -0.1) is 0 Å². The van der Waals surface area contributed by atoms with Gasteiger partial charge in [0.05, 0.1) is 31.0 Å². The molecule has 0 heterocycles. The number of benzene rings is 1. The van der Waals surface area contributed by atoms with E-state index in [0.29, 0.717) is 18.2 Å². The van der Waals surface area contributed by atoms with Crippen LogP contribution in [0.4, 0.5) is 13.2 Å². The van der Waals surface area contributed by atoms with Crippen LogP contribution < -0.4 is 5.32 Å². The summed E-state index contributed by atoms with van der Waals surface area (Å²) in [7, 11) is 1.17. The molecule has 6 nitrogen and oxygen atoms in total. The fourth-order valence-electron chi connectivity index (χ4n) is 2.72. The smallest absolute Gasteiger partial charge is 0.308 e. The maximum Gasteiger partial charge on any atom is 0.308 e. The number of halogens is 3. The van der Waals surface area contributed by atoms with Crippen LogP contribution in [0.1, 0.15) is 32.8 Å². The SMILES string of the molecule is C=CC(=N/C(=C/C)c1cccc(F)c1)C(CC(=O)OC)NC(=O)C(/C=C/C)=C/C(=N)C(C)(F)F. The molecule has 1 atom stereocenters. The lowest BCUT2D eigenvalue weighted by molar-refractivity contribution is -0.140. The predicted molar refractivity (Wildman–Crippen MR) is 127 cm³/mol. The minimum absolute atomic E-state index is 0.159. The third-order valence-electron chi connectivity index (χ3n) is 4.49. The van der Waals surface area contributed by atoms with E-state index >= 15 is 0 Å². The Kier molecular flexibility index (Phi) is 10.9. The van der Waals surface area contributed by atoms with Gasteiger partial charge in [-0.25, -0.2) is 4.39 Å².